The van der Waals surface area contributed by atoms with E-state index in [-0.39, 0.29) is 6.04 Å². The highest BCUT2D eigenvalue weighted by atomic mass is 35.5. The molecule has 0 aromatic heterocycles. The molecule has 21 heavy (non-hydrogen) atoms. The van der Waals surface area contributed by atoms with Crippen molar-refractivity contribution in [1.29, 1.82) is 0 Å². The van der Waals surface area contributed by atoms with Crippen molar-refractivity contribution in [2.45, 2.75) is 43.5 Å². The van der Waals surface area contributed by atoms with E-state index in [2.05, 4.69) is 0 Å². The Hall–Kier alpha value is -0.230. The molecule has 1 atom stereocenters. The van der Waals surface area contributed by atoms with Crippen molar-refractivity contribution in [3.8, 4) is 0 Å². The second-order valence-electron chi connectivity index (χ2n) is 4.96. The van der Waals surface area contributed by atoms with Gasteiger partial charge in [0.2, 0.25) is 10.0 Å². The van der Waals surface area contributed by atoms with E-state index in [4.69, 9.17) is 11.6 Å². The lowest BCUT2D eigenvalue weighted by Gasteiger charge is -2.26. The van der Waals surface area contributed by atoms with Gasteiger partial charge in [0, 0.05) is 24.7 Å². The third kappa shape index (κ3) is 4.38. The minimum Gasteiger partial charge on any atom is -0.207 e. The number of hydrogen-bond acceptors (Lipinski definition) is 3. The summed E-state index contributed by atoms with van der Waals surface area (Å²) in [5.74, 6) is 1.12. The van der Waals surface area contributed by atoms with Crippen molar-refractivity contribution >= 4 is 33.4 Å². The minimum atomic E-state index is -3.47. The third-order valence-electron chi connectivity index (χ3n) is 3.72. The fraction of sp³-hybridized carbons (Fsp3) is 0.600. The SMILES string of the molecule is CCc1ccc(S(=O)(=O)N(C)C(CC)CSC)cc1CCl. The zero-order valence-corrected chi connectivity index (χ0v) is 15.5. The van der Waals surface area contributed by atoms with Crippen LogP contribution in [0.3, 0.4) is 0 Å². The lowest BCUT2D eigenvalue weighted by Crippen LogP contribution is -2.38. The monoisotopic (exact) mass is 349 g/mol. The summed E-state index contributed by atoms with van der Waals surface area (Å²) in [6, 6.07) is 5.28. The van der Waals surface area contributed by atoms with Crippen LogP contribution < -0.4 is 0 Å². The Kier molecular flexibility index (Phi) is 7.54. The van der Waals surface area contributed by atoms with Crippen LogP contribution in [0.25, 0.3) is 0 Å². The van der Waals surface area contributed by atoms with E-state index in [9.17, 15) is 8.42 Å². The Morgan fingerprint density at radius 1 is 1.29 bits per heavy atom. The second-order valence-corrected chi connectivity index (χ2v) is 8.13. The van der Waals surface area contributed by atoms with Gasteiger partial charge in [0.25, 0.3) is 0 Å². The molecule has 0 saturated carbocycles. The lowest BCUT2D eigenvalue weighted by molar-refractivity contribution is 0.385. The molecule has 0 aliphatic carbocycles. The molecule has 0 heterocycles. The molecule has 0 saturated heterocycles. The number of alkyl halides is 1. The van der Waals surface area contributed by atoms with E-state index >= 15 is 0 Å². The van der Waals surface area contributed by atoms with Crippen molar-refractivity contribution in [3.05, 3.63) is 29.3 Å². The van der Waals surface area contributed by atoms with E-state index in [1.807, 2.05) is 26.2 Å². The van der Waals surface area contributed by atoms with Gasteiger partial charge in [-0.25, -0.2) is 8.42 Å². The van der Waals surface area contributed by atoms with Crippen molar-refractivity contribution in [2.24, 2.45) is 0 Å². The Morgan fingerprint density at radius 3 is 2.43 bits per heavy atom. The average Bonchev–Trinajstić information content (AvgIpc) is 2.50. The summed E-state index contributed by atoms with van der Waals surface area (Å²) in [6.07, 6.45) is 3.64. The van der Waals surface area contributed by atoms with Crippen LogP contribution >= 0.6 is 23.4 Å². The van der Waals surface area contributed by atoms with Crippen LogP contribution in [0.1, 0.15) is 31.4 Å². The molecule has 0 radical (unpaired) electrons. The normalized spacial score (nSPS) is 13.6. The van der Waals surface area contributed by atoms with Gasteiger partial charge in [-0.15, -0.1) is 11.6 Å². The molecular weight excluding hydrogens is 326 g/mol. The van der Waals surface area contributed by atoms with Gasteiger partial charge >= 0.3 is 0 Å². The topological polar surface area (TPSA) is 37.4 Å². The van der Waals surface area contributed by atoms with Gasteiger partial charge in [-0.2, -0.15) is 16.1 Å². The van der Waals surface area contributed by atoms with Crippen molar-refractivity contribution in [2.75, 3.05) is 19.1 Å². The van der Waals surface area contributed by atoms with Gasteiger partial charge in [-0.1, -0.05) is 19.9 Å². The molecule has 0 bridgehead atoms. The zero-order valence-electron chi connectivity index (χ0n) is 13.1. The van der Waals surface area contributed by atoms with Crippen LogP contribution in [0.15, 0.2) is 23.1 Å². The fourth-order valence-electron chi connectivity index (χ4n) is 2.27. The van der Waals surface area contributed by atoms with Gasteiger partial charge in [-0.05, 0) is 42.4 Å². The lowest BCUT2D eigenvalue weighted by atomic mass is 10.1. The highest BCUT2D eigenvalue weighted by Crippen LogP contribution is 2.23. The number of sulfonamides is 1. The van der Waals surface area contributed by atoms with Crippen LogP contribution in [-0.2, 0) is 22.3 Å². The number of halogens is 1. The molecule has 1 rings (SSSR count). The van der Waals surface area contributed by atoms with Crippen LogP contribution in [0, 0.1) is 0 Å². The van der Waals surface area contributed by atoms with E-state index in [0.717, 1.165) is 29.7 Å². The quantitative estimate of drug-likeness (QED) is 0.671. The molecule has 1 aromatic carbocycles. The first-order valence-electron chi connectivity index (χ1n) is 7.07. The predicted octanol–water partition coefficient (Wildman–Crippen LogP) is 3.75. The van der Waals surface area contributed by atoms with Crippen LogP contribution in [0.4, 0.5) is 0 Å². The maximum atomic E-state index is 12.7. The van der Waals surface area contributed by atoms with Gasteiger partial charge in [-0.3, -0.25) is 0 Å². The maximum absolute atomic E-state index is 12.7. The first-order valence-corrected chi connectivity index (χ1v) is 10.4. The molecule has 120 valence electrons. The molecular formula is C15H24ClNO2S2. The highest BCUT2D eigenvalue weighted by molar-refractivity contribution is 7.98. The number of thioether (sulfide) groups is 1. The van der Waals surface area contributed by atoms with Crippen LogP contribution in [0.2, 0.25) is 0 Å². The van der Waals surface area contributed by atoms with Gasteiger partial charge in [0.1, 0.15) is 0 Å². The number of nitrogens with zero attached hydrogens (tertiary/aromatic N) is 1. The minimum absolute atomic E-state index is 0.00954. The molecule has 0 aliphatic heterocycles. The largest absolute Gasteiger partial charge is 0.243 e. The van der Waals surface area contributed by atoms with Crippen molar-refractivity contribution < 1.29 is 8.42 Å². The van der Waals surface area contributed by atoms with Gasteiger partial charge in [0.05, 0.1) is 4.90 Å². The molecule has 0 spiro atoms. The predicted molar refractivity (Wildman–Crippen MR) is 92.8 cm³/mol. The standard InChI is InChI=1S/C15H24ClNO2S2/c1-5-12-7-8-15(9-13(12)10-16)21(18,19)17(3)14(6-2)11-20-4/h7-9,14H,5-6,10-11H2,1-4H3. The summed E-state index contributed by atoms with van der Waals surface area (Å²) in [4.78, 5) is 0.331. The Bertz CT molecular complexity index is 561. The van der Waals surface area contributed by atoms with Crippen molar-refractivity contribution in [3.63, 3.8) is 0 Å². The Labute approximate surface area is 138 Å². The molecule has 3 nitrogen and oxygen atoms in total. The van der Waals surface area contributed by atoms with E-state index in [1.165, 1.54) is 4.31 Å². The first kappa shape index (κ1) is 18.8. The third-order valence-corrected chi connectivity index (χ3v) is 6.64. The van der Waals surface area contributed by atoms with E-state index in [1.54, 1.807) is 30.9 Å². The van der Waals surface area contributed by atoms with Crippen LogP contribution in [-0.4, -0.2) is 37.8 Å². The van der Waals surface area contributed by atoms with E-state index < -0.39 is 10.0 Å². The van der Waals surface area contributed by atoms with Gasteiger partial charge in [0.15, 0.2) is 0 Å². The number of rotatable bonds is 8. The maximum Gasteiger partial charge on any atom is 0.243 e. The molecule has 6 heteroatoms. The van der Waals surface area contributed by atoms with E-state index in [0.29, 0.717) is 10.8 Å². The highest BCUT2D eigenvalue weighted by Gasteiger charge is 2.27. The first-order chi connectivity index (χ1) is 9.92. The summed E-state index contributed by atoms with van der Waals surface area (Å²) in [6.45, 7) is 4.05. The fourth-order valence-corrected chi connectivity index (χ4v) is 4.93. The summed E-state index contributed by atoms with van der Waals surface area (Å²) < 4.78 is 27.0. The van der Waals surface area contributed by atoms with Gasteiger partial charge < -0.3 is 0 Å². The summed E-state index contributed by atoms with van der Waals surface area (Å²) >= 11 is 7.60. The molecule has 0 aliphatic rings. The molecule has 0 amide bonds. The molecule has 0 N–H and O–H groups in total. The summed E-state index contributed by atoms with van der Waals surface area (Å²) in [5, 5.41) is 0. The number of hydrogen-bond donors (Lipinski definition) is 0. The molecule has 1 unspecified atom stereocenters. The number of aryl methyl sites for hydroxylation is 1. The zero-order chi connectivity index (χ0) is 16.0. The smallest absolute Gasteiger partial charge is 0.207 e. The average molecular weight is 350 g/mol. The second kappa shape index (κ2) is 8.42. The molecule has 1 aromatic rings. The van der Waals surface area contributed by atoms with Crippen molar-refractivity contribution in [1.82, 2.24) is 4.31 Å². The van der Waals surface area contributed by atoms with Crippen LogP contribution in [0.5, 0.6) is 0 Å². The molecule has 0 fully saturated rings. The number of benzene rings is 1. The Balaban J connectivity index is 3.18. The summed E-state index contributed by atoms with van der Waals surface area (Å²) in [7, 11) is -1.81. The summed E-state index contributed by atoms with van der Waals surface area (Å²) in [5.41, 5.74) is 1.99. The Morgan fingerprint density at radius 2 is 1.95 bits per heavy atom.